The minimum atomic E-state index is -1.04. The van der Waals surface area contributed by atoms with E-state index in [0.29, 0.717) is 19.3 Å². The summed E-state index contributed by atoms with van der Waals surface area (Å²) in [6.07, 6.45) is 3.38. The highest BCUT2D eigenvalue weighted by molar-refractivity contribution is 5.85. The van der Waals surface area contributed by atoms with Gasteiger partial charge in [0.25, 0.3) is 0 Å². The number of pyridine rings is 1. The molecule has 15 heavy (non-hydrogen) atoms. The van der Waals surface area contributed by atoms with Crippen molar-refractivity contribution in [1.29, 1.82) is 0 Å². The predicted octanol–water partition coefficient (Wildman–Crippen LogP) is 2.14. The molecule has 0 spiro atoms. The maximum absolute atomic E-state index is 14.2. The zero-order chi connectivity index (χ0) is 9.86. The number of hydrogen-bond acceptors (Lipinski definition) is 2. The Morgan fingerprint density at radius 3 is 2.67 bits per heavy atom. The molecule has 0 amide bonds. The average Bonchev–Trinajstić information content (AvgIpc) is 2.19. The molecule has 84 valence electrons. The third kappa shape index (κ3) is 3.43. The first kappa shape index (κ1) is 12.4. The fourth-order valence-electron chi connectivity index (χ4n) is 1.88. The summed E-state index contributed by atoms with van der Waals surface area (Å²) in [5, 5.41) is 3.17. The highest BCUT2D eigenvalue weighted by Gasteiger charge is 2.31. The zero-order valence-corrected chi connectivity index (χ0v) is 9.39. The Morgan fingerprint density at radius 2 is 2.07 bits per heavy atom. The summed E-state index contributed by atoms with van der Waals surface area (Å²) in [7, 11) is 0. The number of aromatic nitrogens is 1. The van der Waals surface area contributed by atoms with Crippen molar-refractivity contribution in [2.45, 2.75) is 24.9 Å². The van der Waals surface area contributed by atoms with E-state index >= 15 is 0 Å². The van der Waals surface area contributed by atoms with Crippen molar-refractivity contribution in [2.75, 3.05) is 13.1 Å². The van der Waals surface area contributed by atoms with Gasteiger partial charge in [-0.25, -0.2) is 4.39 Å². The van der Waals surface area contributed by atoms with Crippen LogP contribution in [0.3, 0.4) is 0 Å². The number of halogens is 2. The van der Waals surface area contributed by atoms with Gasteiger partial charge in [0, 0.05) is 18.3 Å². The number of hydrogen-bond donors (Lipinski definition) is 1. The van der Waals surface area contributed by atoms with Crippen molar-refractivity contribution in [3.8, 4) is 0 Å². The lowest BCUT2D eigenvalue weighted by Gasteiger charge is -2.29. The van der Waals surface area contributed by atoms with Crippen molar-refractivity contribution < 1.29 is 4.39 Å². The highest BCUT2D eigenvalue weighted by atomic mass is 35.5. The van der Waals surface area contributed by atoms with Crippen LogP contribution in [-0.2, 0) is 6.42 Å². The quantitative estimate of drug-likeness (QED) is 0.842. The van der Waals surface area contributed by atoms with Crippen LogP contribution in [0.2, 0.25) is 0 Å². The average molecular weight is 231 g/mol. The molecule has 2 nitrogen and oxygen atoms in total. The first-order valence-corrected chi connectivity index (χ1v) is 5.08. The first-order chi connectivity index (χ1) is 6.79. The SMILES string of the molecule is Cl.FC1(Cc2ccccn2)CCNCC1. The Morgan fingerprint density at radius 1 is 1.33 bits per heavy atom. The van der Waals surface area contributed by atoms with Crippen LogP contribution >= 0.6 is 12.4 Å². The summed E-state index contributed by atoms with van der Waals surface area (Å²) in [4.78, 5) is 4.16. The molecule has 0 unspecified atom stereocenters. The minimum Gasteiger partial charge on any atom is -0.316 e. The van der Waals surface area contributed by atoms with Gasteiger partial charge in [0.2, 0.25) is 0 Å². The number of nitrogens with one attached hydrogen (secondary N) is 1. The van der Waals surface area contributed by atoms with Crippen LogP contribution < -0.4 is 5.32 Å². The third-order valence-corrected chi connectivity index (χ3v) is 2.72. The second-order valence-corrected chi connectivity index (χ2v) is 3.90. The van der Waals surface area contributed by atoms with Gasteiger partial charge in [-0.3, -0.25) is 4.98 Å². The maximum atomic E-state index is 14.2. The molecule has 0 atom stereocenters. The Labute approximate surface area is 95.7 Å². The largest absolute Gasteiger partial charge is 0.316 e. The van der Waals surface area contributed by atoms with Gasteiger partial charge in [-0.2, -0.15) is 0 Å². The summed E-state index contributed by atoms with van der Waals surface area (Å²) in [5.74, 6) is 0. The summed E-state index contributed by atoms with van der Waals surface area (Å²) in [5.41, 5.74) is -0.184. The first-order valence-electron chi connectivity index (χ1n) is 5.08. The van der Waals surface area contributed by atoms with E-state index in [1.165, 1.54) is 0 Å². The van der Waals surface area contributed by atoms with Crippen molar-refractivity contribution in [1.82, 2.24) is 10.3 Å². The van der Waals surface area contributed by atoms with Crippen LogP contribution in [0, 0.1) is 0 Å². The van der Waals surface area contributed by atoms with Gasteiger partial charge in [-0.15, -0.1) is 12.4 Å². The molecule has 1 aliphatic heterocycles. The summed E-state index contributed by atoms with van der Waals surface area (Å²) in [6, 6.07) is 5.66. The summed E-state index contributed by atoms with van der Waals surface area (Å²) >= 11 is 0. The molecule has 1 N–H and O–H groups in total. The van der Waals surface area contributed by atoms with E-state index in [1.54, 1.807) is 6.20 Å². The molecule has 1 aromatic heterocycles. The van der Waals surface area contributed by atoms with Crippen LogP contribution in [-0.4, -0.2) is 23.7 Å². The molecular weight excluding hydrogens is 215 g/mol. The molecule has 0 aromatic carbocycles. The molecule has 0 saturated carbocycles. The molecule has 0 bridgehead atoms. The molecule has 0 radical (unpaired) electrons. The van der Waals surface area contributed by atoms with Crippen LogP contribution in [0.25, 0.3) is 0 Å². The van der Waals surface area contributed by atoms with E-state index in [1.807, 2.05) is 18.2 Å². The van der Waals surface area contributed by atoms with Gasteiger partial charge < -0.3 is 5.32 Å². The lowest BCUT2D eigenvalue weighted by molar-refractivity contribution is 0.115. The Bertz CT molecular complexity index is 286. The van der Waals surface area contributed by atoms with Gasteiger partial charge in [-0.1, -0.05) is 6.07 Å². The molecule has 1 fully saturated rings. The topological polar surface area (TPSA) is 24.9 Å². The summed E-state index contributed by atoms with van der Waals surface area (Å²) in [6.45, 7) is 1.56. The van der Waals surface area contributed by atoms with E-state index in [0.717, 1.165) is 18.8 Å². The molecule has 2 rings (SSSR count). The van der Waals surface area contributed by atoms with Crippen molar-refractivity contribution in [3.05, 3.63) is 30.1 Å². The number of rotatable bonds is 2. The van der Waals surface area contributed by atoms with E-state index < -0.39 is 5.67 Å². The fraction of sp³-hybridized carbons (Fsp3) is 0.545. The lowest BCUT2D eigenvalue weighted by atomic mass is 9.89. The second kappa shape index (κ2) is 5.42. The Balaban J connectivity index is 0.00000112. The Hall–Kier alpha value is -0.670. The van der Waals surface area contributed by atoms with Gasteiger partial charge in [0.15, 0.2) is 0 Å². The van der Waals surface area contributed by atoms with E-state index in [-0.39, 0.29) is 12.4 Å². The van der Waals surface area contributed by atoms with Gasteiger partial charge >= 0.3 is 0 Å². The van der Waals surface area contributed by atoms with Gasteiger partial charge in [0.05, 0.1) is 0 Å². The number of piperidine rings is 1. The third-order valence-electron chi connectivity index (χ3n) is 2.72. The van der Waals surface area contributed by atoms with E-state index in [2.05, 4.69) is 10.3 Å². The standard InChI is InChI=1S/C11H15FN2.ClH/c12-11(4-7-13-8-5-11)9-10-3-1-2-6-14-10;/h1-3,6,13H,4-5,7-9H2;1H. The van der Waals surface area contributed by atoms with Crippen LogP contribution in [0.4, 0.5) is 4.39 Å². The van der Waals surface area contributed by atoms with Gasteiger partial charge in [-0.05, 0) is 38.1 Å². The number of nitrogens with zero attached hydrogens (tertiary/aromatic N) is 1. The molecule has 2 heterocycles. The molecular formula is C11H16ClFN2. The van der Waals surface area contributed by atoms with Crippen LogP contribution in [0.1, 0.15) is 18.5 Å². The monoisotopic (exact) mass is 230 g/mol. The van der Waals surface area contributed by atoms with Crippen molar-refractivity contribution in [2.24, 2.45) is 0 Å². The van der Waals surface area contributed by atoms with E-state index in [9.17, 15) is 4.39 Å². The van der Waals surface area contributed by atoms with Gasteiger partial charge in [0.1, 0.15) is 5.67 Å². The predicted molar refractivity (Wildman–Crippen MR) is 61.1 cm³/mol. The smallest absolute Gasteiger partial charge is 0.119 e. The highest BCUT2D eigenvalue weighted by Crippen LogP contribution is 2.26. The molecule has 4 heteroatoms. The summed E-state index contributed by atoms with van der Waals surface area (Å²) < 4.78 is 14.2. The molecule has 0 aliphatic carbocycles. The normalized spacial score (nSPS) is 19.3. The molecule has 1 saturated heterocycles. The maximum Gasteiger partial charge on any atom is 0.119 e. The number of alkyl halides is 1. The Kier molecular flexibility index (Phi) is 4.48. The van der Waals surface area contributed by atoms with E-state index in [4.69, 9.17) is 0 Å². The zero-order valence-electron chi connectivity index (χ0n) is 8.58. The minimum absolute atomic E-state index is 0. The lowest BCUT2D eigenvalue weighted by Crippen LogP contribution is -2.40. The second-order valence-electron chi connectivity index (χ2n) is 3.90. The van der Waals surface area contributed by atoms with Crippen LogP contribution in [0.5, 0.6) is 0 Å². The fourth-order valence-corrected chi connectivity index (χ4v) is 1.88. The van der Waals surface area contributed by atoms with Crippen LogP contribution in [0.15, 0.2) is 24.4 Å². The van der Waals surface area contributed by atoms with Crippen molar-refractivity contribution in [3.63, 3.8) is 0 Å². The van der Waals surface area contributed by atoms with Crippen molar-refractivity contribution >= 4 is 12.4 Å². The molecule has 1 aliphatic rings. The molecule has 1 aromatic rings.